The third-order valence-corrected chi connectivity index (χ3v) is 3.68. The summed E-state index contributed by atoms with van der Waals surface area (Å²) < 4.78 is 0. The summed E-state index contributed by atoms with van der Waals surface area (Å²) in [6.07, 6.45) is 1.10. The highest BCUT2D eigenvalue weighted by molar-refractivity contribution is 5.84. The lowest BCUT2D eigenvalue weighted by Crippen LogP contribution is -2.12. The van der Waals surface area contributed by atoms with Crippen LogP contribution in [0.3, 0.4) is 0 Å². The fourth-order valence-corrected chi connectivity index (χ4v) is 2.40. The maximum Gasteiger partial charge on any atom is 0.329 e. The van der Waals surface area contributed by atoms with Crippen LogP contribution in [0.2, 0.25) is 0 Å². The Balaban J connectivity index is 1.90. The first-order chi connectivity index (χ1) is 12.0. The fraction of sp³-hybridized carbons (Fsp3) is 0.188. The molecular formula is C16H17N7O2. The van der Waals surface area contributed by atoms with E-state index in [1.807, 2.05) is 49.3 Å². The van der Waals surface area contributed by atoms with Crippen LogP contribution in [-0.2, 0) is 6.54 Å². The first-order valence-electron chi connectivity index (χ1n) is 7.52. The molecular weight excluding hydrogens is 322 g/mol. The Morgan fingerprint density at radius 2 is 2.04 bits per heavy atom. The van der Waals surface area contributed by atoms with Crippen molar-refractivity contribution in [2.75, 3.05) is 30.0 Å². The number of para-hydroxylation sites is 1. The number of hydrogen-bond donors (Lipinski definition) is 2. The van der Waals surface area contributed by atoms with Gasteiger partial charge < -0.3 is 16.0 Å². The number of nitrogen functional groups attached to an aromatic ring is 1. The van der Waals surface area contributed by atoms with Gasteiger partial charge in [-0.25, -0.2) is 9.97 Å². The highest BCUT2D eigenvalue weighted by atomic mass is 16.6. The van der Waals surface area contributed by atoms with Gasteiger partial charge in [0.05, 0.1) is 10.4 Å². The number of nitrogens with one attached hydrogen (secondary N) is 1. The molecule has 0 radical (unpaired) electrons. The van der Waals surface area contributed by atoms with E-state index < -0.39 is 4.92 Å². The van der Waals surface area contributed by atoms with Crippen LogP contribution in [0.1, 0.15) is 5.56 Å². The van der Waals surface area contributed by atoms with E-state index in [0.29, 0.717) is 6.54 Å². The molecule has 0 amide bonds. The second-order valence-electron chi connectivity index (χ2n) is 5.63. The van der Waals surface area contributed by atoms with Crippen molar-refractivity contribution < 1.29 is 4.92 Å². The van der Waals surface area contributed by atoms with Crippen molar-refractivity contribution in [2.45, 2.75) is 6.54 Å². The lowest BCUT2D eigenvalue weighted by molar-refractivity contribution is -0.384. The van der Waals surface area contributed by atoms with E-state index in [4.69, 9.17) is 5.73 Å². The Labute approximate surface area is 143 Å². The molecule has 3 aromatic rings. The summed E-state index contributed by atoms with van der Waals surface area (Å²) in [7, 11) is 3.85. The molecule has 0 aliphatic heterocycles. The number of nitrogens with zero attached hydrogens (tertiary/aromatic N) is 5. The minimum Gasteiger partial charge on any atom is -0.378 e. The van der Waals surface area contributed by atoms with Gasteiger partial charge in [0.1, 0.15) is 12.0 Å². The summed E-state index contributed by atoms with van der Waals surface area (Å²) in [5.74, 6) is 0.895. The minimum absolute atomic E-state index is 0.170. The van der Waals surface area contributed by atoms with Gasteiger partial charge in [-0.3, -0.25) is 10.1 Å². The Hall–Kier alpha value is -3.49. The summed E-state index contributed by atoms with van der Waals surface area (Å²) in [5.41, 5.74) is 7.18. The SMILES string of the molecule is CN(C)c1cc(CNc2ncc([N+](=O)[O-])c(N)n2)c2ccccc2n1. The third-order valence-electron chi connectivity index (χ3n) is 3.68. The van der Waals surface area contributed by atoms with E-state index in [1.54, 1.807) is 0 Å². The van der Waals surface area contributed by atoms with Gasteiger partial charge in [0.15, 0.2) is 0 Å². The highest BCUT2D eigenvalue weighted by Crippen LogP contribution is 2.23. The molecule has 2 aromatic heterocycles. The van der Waals surface area contributed by atoms with Crippen molar-refractivity contribution >= 4 is 34.2 Å². The maximum absolute atomic E-state index is 10.8. The molecule has 3 N–H and O–H groups in total. The van der Waals surface area contributed by atoms with Gasteiger partial charge in [0.2, 0.25) is 11.8 Å². The summed E-state index contributed by atoms with van der Waals surface area (Å²) in [4.78, 5) is 24.6. The molecule has 0 saturated carbocycles. The van der Waals surface area contributed by atoms with Gasteiger partial charge in [-0.1, -0.05) is 18.2 Å². The molecule has 9 heteroatoms. The molecule has 0 bridgehead atoms. The Kier molecular flexibility index (Phi) is 4.29. The molecule has 0 atom stereocenters. The van der Waals surface area contributed by atoms with E-state index in [2.05, 4.69) is 20.3 Å². The molecule has 0 fully saturated rings. The second-order valence-corrected chi connectivity index (χ2v) is 5.63. The predicted octanol–water partition coefficient (Wildman–Crippen LogP) is 2.19. The number of fused-ring (bicyclic) bond motifs is 1. The smallest absolute Gasteiger partial charge is 0.329 e. The Bertz CT molecular complexity index is 943. The molecule has 9 nitrogen and oxygen atoms in total. The normalized spacial score (nSPS) is 10.6. The van der Waals surface area contributed by atoms with Crippen LogP contribution in [0.25, 0.3) is 10.9 Å². The molecule has 25 heavy (non-hydrogen) atoms. The van der Waals surface area contributed by atoms with Gasteiger partial charge in [-0.2, -0.15) is 4.98 Å². The summed E-state index contributed by atoms with van der Waals surface area (Å²) in [6, 6.07) is 9.80. The predicted molar refractivity (Wildman–Crippen MR) is 96.5 cm³/mol. The molecule has 0 unspecified atom stereocenters. The molecule has 1 aromatic carbocycles. The van der Waals surface area contributed by atoms with Crippen LogP contribution in [0, 0.1) is 10.1 Å². The number of rotatable bonds is 5. The quantitative estimate of drug-likeness (QED) is 0.535. The van der Waals surface area contributed by atoms with Crippen molar-refractivity contribution in [2.24, 2.45) is 0 Å². The molecule has 0 aliphatic carbocycles. The zero-order valence-corrected chi connectivity index (χ0v) is 13.8. The highest BCUT2D eigenvalue weighted by Gasteiger charge is 2.14. The zero-order chi connectivity index (χ0) is 18.0. The van der Waals surface area contributed by atoms with Crippen LogP contribution in [0.4, 0.5) is 23.3 Å². The zero-order valence-electron chi connectivity index (χ0n) is 13.8. The molecule has 0 saturated heterocycles. The van der Waals surface area contributed by atoms with E-state index >= 15 is 0 Å². The topological polar surface area (TPSA) is 123 Å². The van der Waals surface area contributed by atoms with E-state index in [9.17, 15) is 10.1 Å². The van der Waals surface area contributed by atoms with Gasteiger partial charge >= 0.3 is 5.69 Å². The van der Waals surface area contributed by atoms with Gasteiger partial charge in [-0.05, 0) is 17.7 Å². The lowest BCUT2D eigenvalue weighted by Gasteiger charge is -2.15. The summed E-state index contributed by atoms with van der Waals surface area (Å²) in [6.45, 7) is 0.432. The standard InChI is InChI=1S/C16H17N7O2/c1-22(2)14-7-10(11-5-3-4-6-12(11)20-14)8-18-16-19-9-13(23(24)25)15(17)21-16/h3-7,9H,8H2,1-2H3,(H3,17,18,19,21). The largest absolute Gasteiger partial charge is 0.378 e. The van der Waals surface area contributed by atoms with E-state index in [-0.39, 0.29) is 17.5 Å². The van der Waals surface area contributed by atoms with Crippen molar-refractivity contribution in [1.82, 2.24) is 15.0 Å². The van der Waals surface area contributed by atoms with Crippen molar-refractivity contribution in [1.29, 1.82) is 0 Å². The van der Waals surface area contributed by atoms with E-state index in [1.165, 1.54) is 0 Å². The number of anilines is 3. The molecule has 2 heterocycles. The average Bonchev–Trinajstić information content (AvgIpc) is 2.59. The monoisotopic (exact) mass is 339 g/mol. The van der Waals surface area contributed by atoms with Crippen LogP contribution in [-0.4, -0.2) is 34.0 Å². The summed E-state index contributed by atoms with van der Waals surface area (Å²) >= 11 is 0. The maximum atomic E-state index is 10.8. The van der Waals surface area contributed by atoms with Crippen LogP contribution in [0.15, 0.2) is 36.5 Å². The molecule has 0 spiro atoms. The molecule has 0 aliphatic rings. The number of benzene rings is 1. The number of hydrogen-bond acceptors (Lipinski definition) is 8. The fourth-order valence-electron chi connectivity index (χ4n) is 2.40. The summed E-state index contributed by atoms with van der Waals surface area (Å²) in [5, 5.41) is 14.8. The molecule has 128 valence electrons. The second kappa shape index (κ2) is 6.56. The number of aromatic nitrogens is 3. The van der Waals surface area contributed by atoms with Crippen LogP contribution < -0.4 is 16.0 Å². The van der Waals surface area contributed by atoms with Gasteiger partial charge in [0, 0.05) is 26.0 Å². The lowest BCUT2D eigenvalue weighted by atomic mass is 10.1. The van der Waals surface area contributed by atoms with Crippen molar-refractivity contribution in [3.63, 3.8) is 0 Å². The first kappa shape index (κ1) is 16.4. The first-order valence-corrected chi connectivity index (χ1v) is 7.52. The van der Waals surface area contributed by atoms with Gasteiger partial charge in [0.25, 0.3) is 0 Å². The average molecular weight is 339 g/mol. The van der Waals surface area contributed by atoms with Crippen molar-refractivity contribution in [3.05, 3.63) is 52.2 Å². The Morgan fingerprint density at radius 3 is 2.72 bits per heavy atom. The third kappa shape index (κ3) is 3.39. The number of nitrogens with two attached hydrogens (primary N) is 1. The van der Waals surface area contributed by atoms with Crippen LogP contribution in [0.5, 0.6) is 0 Å². The number of nitro groups is 1. The van der Waals surface area contributed by atoms with Crippen molar-refractivity contribution in [3.8, 4) is 0 Å². The number of pyridine rings is 1. The molecule has 3 rings (SSSR count). The Morgan fingerprint density at radius 1 is 1.28 bits per heavy atom. The minimum atomic E-state index is -0.612. The van der Waals surface area contributed by atoms with Gasteiger partial charge in [-0.15, -0.1) is 0 Å². The van der Waals surface area contributed by atoms with E-state index in [0.717, 1.165) is 28.5 Å². The van der Waals surface area contributed by atoms with Crippen LogP contribution >= 0.6 is 0 Å².